The van der Waals surface area contributed by atoms with Crippen molar-refractivity contribution >= 4 is 17.8 Å². The van der Waals surface area contributed by atoms with E-state index in [4.69, 9.17) is 33.2 Å². The monoisotopic (exact) mass is 508 g/mol. The summed E-state index contributed by atoms with van der Waals surface area (Å²) in [7, 11) is 4.51. The smallest absolute Gasteiger partial charge is 0.343 e. The van der Waals surface area contributed by atoms with E-state index >= 15 is 0 Å². The van der Waals surface area contributed by atoms with Gasteiger partial charge in [-0.25, -0.2) is 4.79 Å². The average Bonchev–Trinajstić information content (AvgIpc) is 2.93. The lowest BCUT2D eigenvalue weighted by Crippen LogP contribution is -2.11. The second kappa shape index (κ2) is 14.4. The van der Waals surface area contributed by atoms with Crippen LogP contribution in [0.1, 0.15) is 26.3 Å². The van der Waals surface area contributed by atoms with Gasteiger partial charge in [-0.05, 0) is 48.0 Å². The van der Waals surface area contributed by atoms with Crippen LogP contribution < -0.4 is 18.9 Å². The maximum absolute atomic E-state index is 13.1. The summed E-state index contributed by atoms with van der Waals surface area (Å²) in [4.78, 5) is 25.8. The number of hydrogen-bond donors (Lipinski definition) is 0. The highest BCUT2D eigenvalue weighted by Crippen LogP contribution is 2.30. The van der Waals surface area contributed by atoms with Crippen molar-refractivity contribution in [3.05, 3.63) is 89.5 Å². The molecular weight excluding hydrogens is 480 g/mol. The molecule has 9 heteroatoms. The molecule has 9 nitrogen and oxygen atoms in total. The van der Waals surface area contributed by atoms with Crippen molar-refractivity contribution in [3.8, 4) is 23.0 Å². The normalized spacial score (nSPS) is 10.8. The van der Waals surface area contributed by atoms with E-state index < -0.39 is 5.97 Å². The van der Waals surface area contributed by atoms with E-state index in [0.717, 1.165) is 0 Å². The summed E-state index contributed by atoms with van der Waals surface area (Å²) >= 11 is 0. The van der Waals surface area contributed by atoms with Gasteiger partial charge in [0, 0.05) is 27.4 Å². The van der Waals surface area contributed by atoms with E-state index in [0.29, 0.717) is 28.4 Å². The second-order valence-corrected chi connectivity index (χ2v) is 7.47. The van der Waals surface area contributed by atoms with Gasteiger partial charge >= 0.3 is 5.97 Å². The molecule has 0 aromatic heterocycles. The van der Waals surface area contributed by atoms with Crippen molar-refractivity contribution in [2.75, 3.05) is 41.7 Å². The molecule has 0 heterocycles. The molecule has 0 spiro atoms. The zero-order valence-electron chi connectivity index (χ0n) is 20.8. The van der Waals surface area contributed by atoms with Gasteiger partial charge in [-0.3, -0.25) is 4.79 Å². The van der Waals surface area contributed by atoms with Crippen LogP contribution in [0.3, 0.4) is 0 Å². The molecule has 0 fully saturated rings. The summed E-state index contributed by atoms with van der Waals surface area (Å²) in [5, 5.41) is 0. The van der Waals surface area contributed by atoms with E-state index in [2.05, 4.69) is 0 Å². The Morgan fingerprint density at radius 2 is 1.38 bits per heavy atom. The first-order valence-electron chi connectivity index (χ1n) is 11.2. The molecule has 0 aliphatic rings. The Labute approximate surface area is 215 Å². The number of rotatable bonds is 14. The molecule has 0 aliphatic heterocycles. The minimum atomic E-state index is -0.603. The minimum absolute atomic E-state index is 0.00314. The zero-order chi connectivity index (χ0) is 26.5. The number of benzene rings is 3. The predicted molar refractivity (Wildman–Crippen MR) is 135 cm³/mol. The summed E-state index contributed by atoms with van der Waals surface area (Å²) < 4.78 is 36.9. The van der Waals surface area contributed by atoms with Gasteiger partial charge in [-0.15, -0.1) is 0 Å². The lowest BCUT2D eigenvalue weighted by atomic mass is 10.1. The zero-order valence-corrected chi connectivity index (χ0v) is 20.8. The fourth-order valence-corrected chi connectivity index (χ4v) is 3.11. The number of ketones is 1. The fraction of sp³-hybridized carbons (Fsp3) is 0.214. The van der Waals surface area contributed by atoms with E-state index in [1.807, 2.05) is 0 Å². The van der Waals surface area contributed by atoms with E-state index in [-0.39, 0.29) is 37.5 Å². The predicted octanol–water partition coefficient (Wildman–Crippen LogP) is 4.75. The van der Waals surface area contributed by atoms with Gasteiger partial charge in [0.05, 0.1) is 11.1 Å². The Kier molecular flexibility index (Phi) is 10.7. The van der Waals surface area contributed by atoms with Crippen LogP contribution >= 0.6 is 0 Å². The first-order chi connectivity index (χ1) is 18.0. The van der Waals surface area contributed by atoms with Crippen molar-refractivity contribution in [2.45, 2.75) is 0 Å². The number of ether oxygens (including phenoxy) is 7. The number of allylic oxidation sites excluding steroid dienone is 1. The van der Waals surface area contributed by atoms with Crippen LogP contribution in [0.5, 0.6) is 23.0 Å². The number of hydrogen-bond acceptors (Lipinski definition) is 9. The molecule has 0 radical (unpaired) electrons. The summed E-state index contributed by atoms with van der Waals surface area (Å²) in [5.74, 6) is 0.339. The molecule has 37 heavy (non-hydrogen) atoms. The fourth-order valence-electron chi connectivity index (χ4n) is 3.11. The van der Waals surface area contributed by atoms with Crippen molar-refractivity contribution in [2.24, 2.45) is 0 Å². The van der Waals surface area contributed by atoms with Crippen LogP contribution in [0.25, 0.3) is 6.08 Å². The molecule has 0 aliphatic carbocycles. The Balaban J connectivity index is 1.85. The van der Waals surface area contributed by atoms with Gasteiger partial charge in [0.1, 0.15) is 11.5 Å². The molecule has 194 valence electrons. The number of carbonyl (C=O) groups excluding carboxylic acids is 2. The highest BCUT2D eigenvalue weighted by Gasteiger charge is 2.17. The molecule has 0 N–H and O–H groups in total. The van der Waals surface area contributed by atoms with Crippen molar-refractivity contribution in [3.63, 3.8) is 0 Å². The third-order valence-electron chi connectivity index (χ3n) is 4.83. The van der Waals surface area contributed by atoms with Crippen LogP contribution in [-0.2, 0) is 14.2 Å². The Hall–Kier alpha value is -4.18. The van der Waals surface area contributed by atoms with Gasteiger partial charge in [0.15, 0.2) is 37.7 Å². The molecule has 3 aromatic rings. The highest BCUT2D eigenvalue weighted by molar-refractivity contribution is 6.09. The summed E-state index contributed by atoms with van der Waals surface area (Å²) in [6.45, 7) is 0.0610. The topological polar surface area (TPSA) is 98.8 Å². The Bertz CT molecular complexity index is 1210. The maximum atomic E-state index is 13.1. The third kappa shape index (κ3) is 8.18. The summed E-state index contributed by atoms with van der Waals surface area (Å²) in [6.07, 6.45) is 2.98. The van der Waals surface area contributed by atoms with Crippen LogP contribution in [-0.4, -0.2) is 53.5 Å². The van der Waals surface area contributed by atoms with Crippen LogP contribution in [0.15, 0.2) is 72.8 Å². The molecule has 0 bridgehead atoms. The molecular formula is C28H28O9. The van der Waals surface area contributed by atoms with E-state index in [1.165, 1.54) is 39.5 Å². The van der Waals surface area contributed by atoms with Gasteiger partial charge in [-0.2, -0.15) is 0 Å². The van der Waals surface area contributed by atoms with Gasteiger partial charge in [0.2, 0.25) is 0 Å². The second-order valence-electron chi connectivity index (χ2n) is 7.47. The average molecular weight is 509 g/mol. The molecule has 0 amide bonds. The first kappa shape index (κ1) is 27.4. The standard InChI is InChI=1S/C28H28O9/c1-31-17-34-22-11-12-23(26(16-22)37-28(30)21-7-5-4-6-8-21)24(29)13-9-20-10-14-25(35-18-32-2)27(15-20)36-19-33-3/h4-16H,17-19H2,1-3H3. The lowest BCUT2D eigenvalue weighted by molar-refractivity contribution is 0.0322. The number of methoxy groups -OCH3 is 3. The molecule has 0 atom stereocenters. The largest absolute Gasteiger partial charge is 0.467 e. The van der Waals surface area contributed by atoms with Crippen molar-refractivity contribution in [1.29, 1.82) is 0 Å². The van der Waals surface area contributed by atoms with E-state index in [9.17, 15) is 9.59 Å². The minimum Gasteiger partial charge on any atom is -0.467 e. The lowest BCUT2D eigenvalue weighted by Gasteiger charge is -2.12. The molecule has 0 saturated heterocycles. The van der Waals surface area contributed by atoms with Crippen LogP contribution in [0, 0.1) is 0 Å². The van der Waals surface area contributed by atoms with Crippen molar-refractivity contribution in [1.82, 2.24) is 0 Å². The van der Waals surface area contributed by atoms with Gasteiger partial charge in [0.25, 0.3) is 0 Å². The molecule has 0 saturated carbocycles. The highest BCUT2D eigenvalue weighted by atomic mass is 16.7. The molecule has 3 aromatic carbocycles. The molecule has 0 unspecified atom stereocenters. The number of esters is 1. The third-order valence-corrected chi connectivity index (χ3v) is 4.83. The van der Waals surface area contributed by atoms with Gasteiger partial charge in [-0.1, -0.05) is 30.3 Å². The first-order valence-corrected chi connectivity index (χ1v) is 11.2. The van der Waals surface area contributed by atoms with Crippen LogP contribution in [0.2, 0.25) is 0 Å². The van der Waals surface area contributed by atoms with E-state index in [1.54, 1.807) is 60.7 Å². The van der Waals surface area contributed by atoms with Gasteiger partial charge < -0.3 is 33.2 Å². The molecule has 3 rings (SSSR count). The Morgan fingerprint density at radius 3 is 2.08 bits per heavy atom. The Morgan fingerprint density at radius 1 is 0.703 bits per heavy atom. The summed E-state index contributed by atoms with van der Waals surface area (Å²) in [5.41, 5.74) is 1.20. The maximum Gasteiger partial charge on any atom is 0.343 e. The summed E-state index contributed by atoms with van der Waals surface area (Å²) in [6, 6.07) is 18.2. The number of carbonyl (C=O) groups is 2. The SMILES string of the molecule is COCOc1ccc(C(=O)C=Cc2ccc(OCOC)c(OCOC)c2)c(OC(=O)c2ccccc2)c1. The van der Waals surface area contributed by atoms with Crippen molar-refractivity contribution < 1.29 is 42.7 Å². The quantitative estimate of drug-likeness (QED) is 0.100. The van der Waals surface area contributed by atoms with Crippen LogP contribution in [0.4, 0.5) is 0 Å².